The first kappa shape index (κ1) is 18.1. The number of phenols is 1. The molecule has 1 fully saturated rings. The molecule has 9 heteroatoms. The Balaban J connectivity index is 1.81. The van der Waals surface area contributed by atoms with Crippen molar-refractivity contribution in [1.82, 2.24) is 5.32 Å². The fourth-order valence-electron chi connectivity index (χ4n) is 2.87. The number of anilines is 1. The number of nitrogens with zero attached hydrogens (tertiary/aromatic N) is 1. The van der Waals surface area contributed by atoms with Crippen molar-refractivity contribution in [2.45, 2.75) is 0 Å². The van der Waals surface area contributed by atoms with Crippen LogP contribution < -0.4 is 15.6 Å². The number of phenolic OH excluding ortho intramolecular Hbond substituents is 1. The molecule has 144 valence electrons. The molecule has 4 rings (SSSR count). The summed E-state index contributed by atoms with van der Waals surface area (Å²) in [5, 5.41) is 11.6. The highest BCUT2D eigenvalue weighted by atomic mass is 19.1. The van der Waals surface area contributed by atoms with Gasteiger partial charge >= 0.3 is 6.03 Å². The summed E-state index contributed by atoms with van der Waals surface area (Å²) in [4.78, 5) is 50.4. The predicted molar refractivity (Wildman–Crippen MR) is 99.6 cm³/mol. The second-order valence-corrected chi connectivity index (χ2v) is 6.13. The Morgan fingerprint density at radius 2 is 1.76 bits per heavy atom. The van der Waals surface area contributed by atoms with Gasteiger partial charge in [-0.15, -0.1) is 0 Å². The lowest BCUT2D eigenvalue weighted by Crippen LogP contribution is -2.54. The maximum atomic E-state index is 13.1. The largest absolute Gasteiger partial charge is 0.508 e. The van der Waals surface area contributed by atoms with E-state index in [0.717, 1.165) is 24.5 Å². The summed E-state index contributed by atoms with van der Waals surface area (Å²) in [6.07, 6.45) is 2.06. The maximum absolute atomic E-state index is 13.1. The van der Waals surface area contributed by atoms with E-state index >= 15 is 0 Å². The Hall–Kier alpha value is -4.27. The number of hydrogen-bond donors (Lipinski definition) is 2. The van der Waals surface area contributed by atoms with E-state index in [1.54, 1.807) is 0 Å². The number of carbonyl (C=O) groups excluding carboxylic acids is 3. The van der Waals surface area contributed by atoms with Crippen LogP contribution in [0.25, 0.3) is 17.0 Å². The van der Waals surface area contributed by atoms with Gasteiger partial charge in [0.1, 0.15) is 29.0 Å². The Bertz CT molecular complexity index is 1280. The monoisotopic (exact) mass is 394 g/mol. The SMILES string of the molecule is O=C1NC(=O)N(c2ccc(F)cc2)C(=O)/C1=C/c1coc2ccc(O)cc2c1=O. The van der Waals surface area contributed by atoms with Crippen LogP contribution in [0.5, 0.6) is 5.75 Å². The average molecular weight is 394 g/mol. The minimum Gasteiger partial charge on any atom is -0.508 e. The zero-order valence-corrected chi connectivity index (χ0v) is 14.5. The highest BCUT2D eigenvalue weighted by Gasteiger charge is 2.37. The van der Waals surface area contributed by atoms with Crippen molar-refractivity contribution in [2.75, 3.05) is 4.90 Å². The Morgan fingerprint density at radius 3 is 2.48 bits per heavy atom. The molecular weight excluding hydrogens is 383 g/mol. The Labute approximate surface area is 161 Å². The van der Waals surface area contributed by atoms with E-state index in [2.05, 4.69) is 0 Å². The number of carbonyl (C=O) groups is 3. The van der Waals surface area contributed by atoms with Crippen molar-refractivity contribution < 1.29 is 28.3 Å². The van der Waals surface area contributed by atoms with E-state index in [1.165, 1.54) is 30.3 Å². The van der Waals surface area contributed by atoms with Crippen molar-refractivity contribution in [3.8, 4) is 5.75 Å². The smallest absolute Gasteiger partial charge is 0.335 e. The second kappa shape index (κ2) is 6.71. The zero-order valence-electron chi connectivity index (χ0n) is 14.5. The minimum absolute atomic E-state index is 0.0442. The van der Waals surface area contributed by atoms with E-state index < -0.39 is 34.7 Å². The Kier molecular flexibility index (Phi) is 4.19. The molecule has 1 aliphatic rings. The normalized spacial score (nSPS) is 15.8. The van der Waals surface area contributed by atoms with Gasteiger partial charge in [-0.25, -0.2) is 14.1 Å². The van der Waals surface area contributed by atoms with Gasteiger partial charge in [-0.1, -0.05) is 0 Å². The lowest BCUT2D eigenvalue weighted by Gasteiger charge is -2.26. The molecule has 1 aliphatic heterocycles. The van der Waals surface area contributed by atoms with E-state index in [1.807, 2.05) is 5.32 Å². The third-order valence-corrected chi connectivity index (χ3v) is 4.27. The number of fused-ring (bicyclic) bond motifs is 1. The second-order valence-electron chi connectivity index (χ2n) is 6.13. The highest BCUT2D eigenvalue weighted by molar-refractivity contribution is 6.39. The van der Waals surface area contributed by atoms with Crippen LogP contribution >= 0.6 is 0 Å². The van der Waals surface area contributed by atoms with Crippen LogP contribution in [0.2, 0.25) is 0 Å². The molecule has 0 aliphatic carbocycles. The zero-order chi connectivity index (χ0) is 20.7. The van der Waals surface area contributed by atoms with Gasteiger partial charge in [0.25, 0.3) is 11.8 Å². The highest BCUT2D eigenvalue weighted by Crippen LogP contribution is 2.23. The number of halogens is 1. The van der Waals surface area contributed by atoms with Crippen LogP contribution in [0, 0.1) is 5.82 Å². The lowest BCUT2D eigenvalue weighted by molar-refractivity contribution is -0.122. The molecule has 0 saturated carbocycles. The van der Waals surface area contributed by atoms with Gasteiger partial charge in [0.05, 0.1) is 16.6 Å². The van der Waals surface area contributed by atoms with Gasteiger partial charge in [0.15, 0.2) is 5.43 Å². The molecule has 29 heavy (non-hydrogen) atoms. The predicted octanol–water partition coefficient (Wildman–Crippen LogP) is 2.30. The summed E-state index contributed by atoms with van der Waals surface area (Å²) < 4.78 is 18.5. The number of urea groups is 1. The number of aromatic hydroxyl groups is 1. The molecule has 0 atom stereocenters. The molecule has 1 aromatic heterocycles. The summed E-state index contributed by atoms with van der Waals surface area (Å²) in [5.74, 6) is -2.70. The van der Waals surface area contributed by atoms with Gasteiger partial charge in [-0.3, -0.25) is 19.7 Å². The molecule has 3 aromatic rings. The van der Waals surface area contributed by atoms with Crippen LogP contribution in [0.3, 0.4) is 0 Å². The standard InChI is InChI=1S/C20H11FN2O6/c21-11-1-3-12(4-2-11)23-19(27)15(18(26)22-20(23)28)7-10-9-29-16-6-5-13(24)8-14(16)17(10)25/h1-9,24H,(H,22,26,28)/b15-7+. The molecule has 2 heterocycles. The third kappa shape index (κ3) is 3.14. The summed E-state index contributed by atoms with van der Waals surface area (Å²) in [6, 6.07) is 7.45. The molecule has 8 nitrogen and oxygen atoms in total. The van der Waals surface area contributed by atoms with Crippen molar-refractivity contribution in [3.63, 3.8) is 0 Å². The van der Waals surface area contributed by atoms with E-state index in [-0.39, 0.29) is 28.0 Å². The summed E-state index contributed by atoms with van der Waals surface area (Å²) in [6.45, 7) is 0. The van der Waals surface area contributed by atoms with E-state index in [9.17, 15) is 28.7 Å². The van der Waals surface area contributed by atoms with Gasteiger partial charge in [-0.05, 0) is 48.5 Å². The molecular formula is C20H11FN2O6. The topological polar surface area (TPSA) is 117 Å². The van der Waals surface area contributed by atoms with Crippen LogP contribution in [0.4, 0.5) is 14.9 Å². The van der Waals surface area contributed by atoms with Crippen molar-refractivity contribution in [3.05, 3.63) is 75.9 Å². The first-order valence-electron chi connectivity index (χ1n) is 8.27. The van der Waals surface area contributed by atoms with Crippen LogP contribution in [-0.2, 0) is 9.59 Å². The van der Waals surface area contributed by atoms with Crippen molar-refractivity contribution in [1.29, 1.82) is 0 Å². The van der Waals surface area contributed by atoms with Gasteiger partial charge in [0.2, 0.25) is 0 Å². The molecule has 0 spiro atoms. The quantitative estimate of drug-likeness (QED) is 0.509. The summed E-state index contributed by atoms with van der Waals surface area (Å²) in [7, 11) is 0. The molecule has 0 bridgehead atoms. The van der Waals surface area contributed by atoms with Crippen molar-refractivity contribution >= 4 is 40.6 Å². The summed E-state index contributed by atoms with van der Waals surface area (Å²) >= 11 is 0. The first-order valence-corrected chi connectivity index (χ1v) is 8.27. The fourth-order valence-corrected chi connectivity index (χ4v) is 2.87. The molecule has 2 aromatic carbocycles. The number of imide groups is 2. The number of barbiturate groups is 1. The van der Waals surface area contributed by atoms with E-state index in [4.69, 9.17) is 4.42 Å². The number of amides is 4. The van der Waals surface area contributed by atoms with Crippen molar-refractivity contribution in [2.24, 2.45) is 0 Å². The van der Waals surface area contributed by atoms with E-state index in [0.29, 0.717) is 4.90 Å². The maximum Gasteiger partial charge on any atom is 0.335 e. The van der Waals surface area contributed by atoms with Gasteiger partial charge in [-0.2, -0.15) is 0 Å². The Morgan fingerprint density at radius 1 is 1.03 bits per heavy atom. The minimum atomic E-state index is -1.00. The van der Waals surface area contributed by atoms with Crippen LogP contribution in [-0.4, -0.2) is 23.0 Å². The molecule has 0 unspecified atom stereocenters. The molecule has 4 amide bonds. The lowest BCUT2D eigenvalue weighted by atomic mass is 10.1. The number of benzene rings is 2. The van der Waals surface area contributed by atoms with Crippen LogP contribution in [0.15, 0.2) is 63.5 Å². The average Bonchev–Trinajstić information content (AvgIpc) is 2.68. The molecule has 0 radical (unpaired) electrons. The number of rotatable bonds is 2. The number of hydrogen-bond acceptors (Lipinski definition) is 6. The fraction of sp³-hybridized carbons (Fsp3) is 0. The first-order chi connectivity index (χ1) is 13.8. The molecule has 2 N–H and O–H groups in total. The summed E-state index contributed by atoms with van der Waals surface area (Å²) in [5.41, 5.74) is -0.948. The van der Waals surface area contributed by atoms with Crippen LogP contribution in [0.1, 0.15) is 5.56 Å². The molecule has 1 saturated heterocycles. The number of nitrogens with one attached hydrogen (secondary N) is 1. The van der Waals surface area contributed by atoms with Gasteiger partial charge in [0, 0.05) is 0 Å². The van der Waals surface area contributed by atoms with Gasteiger partial charge < -0.3 is 9.52 Å². The third-order valence-electron chi connectivity index (χ3n) is 4.27.